The van der Waals surface area contributed by atoms with E-state index in [0.29, 0.717) is 32.9 Å². The minimum Gasteiger partial charge on any atom is -0.387 e. The third-order valence-electron chi connectivity index (χ3n) is 5.21. The lowest BCUT2D eigenvalue weighted by Crippen LogP contribution is -2.52. The SMILES string of the molecule is O=CC1=C(CN2CCC(O)C(F)(F)C2)NC(c2nccs2)=N[C@H]1c1ccc(F)cc1Br. The average molecular weight is 515 g/mol. The first kappa shape index (κ1) is 22.1. The summed E-state index contributed by atoms with van der Waals surface area (Å²) < 4.78 is 42.1. The van der Waals surface area contributed by atoms with Crippen LogP contribution in [0.15, 0.2) is 50.5 Å². The molecule has 4 rings (SSSR count). The zero-order valence-electron chi connectivity index (χ0n) is 16.1. The Morgan fingerprint density at radius 1 is 1.42 bits per heavy atom. The van der Waals surface area contributed by atoms with E-state index in [4.69, 9.17) is 0 Å². The molecule has 164 valence electrons. The molecule has 31 heavy (non-hydrogen) atoms. The molecule has 0 radical (unpaired) electrons. The van der Waals surface area contributed by atoms with Gasteiger partial charge < -0.3 is 10.4 Å². The Labute approximate surface area is 188 Å². The number of hydrogen-bond donors (Lipinski definition) is 2. The van der Waals surface area contributed by atoms with E-state index < -0.39 is 30.4 Å². The minimum atomic E-state index is -3.24. The maximum Gasteiger partial charge on any atom is 0.285 e. The topological polar surface area (TPSA) is 77.8 Å². The molecule has 1 fully saturated rings. The van der Waals surface area contributed by atoms with Crippen LogP contribution in [-0.4, -0.2) is 58.8 Å². The van der Waals surface area contributed by atoms with Crippen LogP contribution in [0.25, 0.3) is 0 Å². The third-order valence-corrected chi connectivity index (χ3v) is 6.68. The molecule has 6 nitrogen and oxygen atoms in total. The second-order valence-corrected chi connectivity index (χ2v) is 9.09. The van der Waals surface area contributed by atoms with Gasteiger partial charge in [-0.3, -0.25) is 14.7 Å². The number of likely N-dealkylation sites (tertiary alicyclic amines) is 1. The Morgan fingerprint density at radius 3 is 2.87 bits per heavy atom. The number of benzene rings is 1. The molecule has 1 saturated heterocycles. The largest absolute Gasteiger partial charge is 0.387 e. The summed E-state index contributed by atoms with van der Waals surface area (Å²) in [5.41, 5.74) is 1.25. The second kappa shape index (κ2) is 8.81. The van der Waals surface area contributed by atoms with Gasteiger partial charge in [0.25, 0.3) is 5.92 Å². The molecule has 0 amide bonds. The molecular formula is C20H18BrF3N4O2S. The number of thiazole rings is 1. The smallest absolute Gasteiger partial charge is 0.285 e. The van der Waals surface area contributed by atoms with Gasteiger partial charge in [0.2, 0.25) is 0 Å². The lowest BCUT2D eigenvalue weighted by molar-refractivity contribution is -0.148. The number of hydrogen-bond acceptors (Lipinski definition) is 7. The van der Waals surface area contributed by atoms with Crippen LogP contribution in [0.5, 0.6) is 0 Å². The number of piperidine rings is 1. The number of rotatable bonds is 5. The molecule has 0 saturated carbocycles. The van der Waals surface area contributed by atoms with Gasteiger partial charge in [0.05, 0.1) is 6.54 Å². The summed E-state index contributed by atoms with van der Waals surface area (Å²) in [5, 5.41) is 15.0. The maximum absolute atomic E-state index is 14.0. The number of halogens is 4. The molecule has 2 atom stereocenters. The van der Waals surface area contributed by atoms with E-state index >= 15 is 0 Å². The number of aliphatic imine (C=N–C) groups is 1. The van der Waals surface area contributed by atoms with Crippen LogP contribution in [-0.2, 0) is 4.79 Å². The summed E-state index contributed by atoms with van der Waals surface area (Å²) in [5.74, 6) is -3.28. The number of aliphatic hydroxyl groups is 1. The number of nitrogens with zero attached hydrogens (tertiary/aromatic N) is 3. The summed E-state index contributed by atoms with van der Waals surface area (Å²) in [6.07, 6.45) is 0.495. The number of aliphatic hydroxyl groups excluding tert-OH is 1. The summed E-state index contributed by atoms with van der Waals surface area (Å²) in [6.45, 7) is -0.334. The molecule has 2 aliphatic rings. The molecule has 3 heterocycles. The molecule has 2 aliphatic heterocycles. The van der Waals surface area contributed by atoms with E-state index in [2.05, 4.69) is 31.2 Å². The van der Waals surface area contributed by atoms with Gasteiger partial charge in [-0.15, -0.1) is 11.3 Å². The molecule has 2 N–H and O–H groups in total. The predicted molar refractivity (Wildman–Crippen MR) is 114 cm³/mol. The Kier molecular flexibility index (Phi) is 6.29. The lowest BCUT2D eigenvalue weighted by atomic mass is 9.95. The normalized spacial score (nSPS) is 24.0. The van der Waals surface area contributed by atoms with Crippen molar-refractivity contribution in [3.05, 3.63) is 61.9 Å². The van der Waals surface area contributed by atoms with Gasteiger partial charge in [-0.1, -0.05) is 22.0 Å². The number of aromatic nitrogens is 1. The highest BCUT2D eigenvalue weighted by atomic mass is 79.9. The number of nitrogens with one attached hydrogen (secondary N) is 1. The van der Waals surface area contributed by atoms with Gasteiger partial charge in [-0.05, 0) is 24.1 Å². The highest BCUT2D eigenvalue weighted by Gasteiger charge is 2.44. The number of alkyl halides is 2. The molecule has 0 bridgehead atoms. The second-order valence-electron chi connectivity index (χ2n) is 7.34. The zero-order valence-corrected chi connectivity index (χ0v) is 18.5. The van der Waals surface area contributed by atoms with Crippen LogP contribution >= 0.6 is 27.3 Å². The van der Waals surface area contributed by atoms with Crippen molar-refractivity contribution in [1.82, 2.24) is 15.2 Å². The fourth-order valence-electron chi connectivity index (χ4n) is 3.64. The molecule has 0 aliphatic carbocycles. The van der Waals surface area contributed by atoms with Crippen LogP contribution in [0.2, 0.25) is 0 Å². The van der Waals surface area contributed by atoms with Crippen molar-refractivity contribution in [3.63, 3.8) is 0 Å². The number of aldehydes is 1. The van der Waals surface area contributed by atoms with E-state index in [1.165, 1.54) is 34.4 Å². The fourth-order valence-corrected chi connectivity index (χ4v) is 4.80. The summed E-state index contributed by atoms with van der Waals surface area (Å²) in [7, 11) is 0. The molecule has 1 aromatic carbocycles. The highest BCUT2D eigenvalue weighted by molar-refractivity contribution is 9.10. The van der Waals surface area contributed by atoms with Crippen LogP contribution in [0.4, 0.5) is 13.2 Å². The van der Waals surface area contributed by atoms with Crippen molar-refractivity contribution < 1.29 is 23.1 Å². The maximum atomic E-state index is 14.0. The van der Waals surface area contributed by atoms with Crippen LogP contribution < -0.4 is 5.32 Å². The summed E-state index contributed by atoms with van der Waals surface area (Å²) in [6, 6.07) is 3.32. The summed E-state index contributed by atoms with van der Waals surface area (Å²) >= 11 is 4.67. The molecule has 0 spiro atoms. The van der Waals surface area contributed by atoms with Crippen molar-refractivity contribution >= 4 is 39.4 Å². The van der Waals surface area contributed by atoms with Gasteiger partial charge in [-0.25, -0.2) is 18.2 Å². The number of carbonyl (C=O) groups is 1. The number of carbonyl (C=O) groups excluding carboxylic acids is 1. The van der Waals surface area contributed by atoms with Gasteiger partial charge in [-0.2, -0.15) is 0 Å². The van der Waals surface area contributed by atoms with Gasteiger partial charge >= 0.3 is 0 Å². The molecule has 1 aromatic heterocycles. The molecule has 2 aromatic rings. The molecule has 11 heteroatoms. The van der Waals surface area contributed by atoms with Crippen molar-refractivity contribution in [2.75, 3.05) is 19.6 Å². The number of amidine groups is 1. The zero-order chi connectivity index (χ0) is 22.2. The molecular weight excluding hydrogens is 497 g/mol. The van der Waals surface area contributed by atoms with E-state index in [1.54, 1.807) is 11.6 Å². The quantitative estimate of drug-likeness (QED) is 0.598. The van der Waals surface area contributed by atoms with Gasteiger partial charge in [0, 0.05) is 40.4 Å². The van der Waals surface area contributed by atoms with Gasteiger partial charge in [0.1, 0.15) is 24.2 Å². The highest BCUT2D eigenvalue weighted by Crippen LogP contribution is 2.36. The Morgan fingerprint density at radius 2 is 2.23 bits per heavy atom. The Hall–Kier alpha value is -2.08. The van der Waals surface area contributed by atoms with E-state index in [-0.39, 0.29) is 25.1 Å². The Balaban J connectivity index is 1.73. The van der Waals surface area contributed by atoms with Crippen LogP contribution in [0.1, 0.15) is 23.0 Å². The van der Waals surface area contributed by atoms with Crippen molar-refractivity contribution in [3.8, 4) is 0 Å². The third kappa shape index (κ3) is 4.59. The monoisotopic (exact) mass is 514 g/mol. The van der Waals surface area contributed by atoms with E-state index in [1.807, 2.05) is 0 Å². The fraction of sp³-hybridized carbons (Fsp3) is 0.350. The van der Waals surface area contributed by atoms with E-state index in [0.717, 1.165) is 0 Å². The minimum absolute atomic E-state index is 0.0378. The van der Waals surface area contributed by atoms with Crippen LogP contribution in [0.3, 0.4) is 0 Å². The first-order valence-electron chi connectivity index (χ1n) is 9.44. The van der Waals surface area contributed by atoms with Gasteiger partial charge in [0.15, 0.2) is 10.8 Å². The summed E-state index contributed by atoms with van der Waals surface area (Å²) in [4.78, 5) is 22.4. The average Bonchev–Trinajstić information content (AvgIpc) is 3.25. The van der Waals surface area contributed by atoms with Crippen LogP contribution in [0, 0.1) is 5.82 Å². The van der Waals surface area contributed by atoms with Crippen molar-refractivity contribution in [2.45, 2.75) is 24.5 Å². The predicted octanol–water partition coefficient (Wildman–Crippen LogP) is 3.29. The standard InChI is InChI=1S/C20H18BrF3N4O2S/c21-14-7-11(22)1-2-12(14)17-13(9-29)15(26-18(27-17)19-25-4-6-31-19)8-28-5-3-16(30)20(23,24)10-28/h1-2,4,6-7,9,16-17,30H,3,5,8,10H2,(H,26,27)/t16?,17-/m0/s1. The Bertz CT molecular complexity index is 1050. The van der Waals surface area contributed by atoms with Crippen molar-refractivity contribution in [2.24, 2.45) is 4.99 Å². The van der Waals surface area contributed by atoms with E-state index in [9.17, 15) is 23.1 Å². The first-order valence-corrected chi connectivity index (χ1v) is 11.1. The first-order chi connectivity index (χ1) is 14.8. The molecule has 1 unspecified atom stereocenters. The van der Waals surface area contributed by atoms with Crippen molar-refractivity contribution in [1.29, 1.82) is 0 Å². The lowest BCUT2D eigenvalue weighted by Gasteiger charge is -2.37.